The highest BCUT2D eigenvalue weighted by molar-refractivity contribution is 5.76. The second-order valence-corrected chi connectivity index (χ2v) is 5.41. The van der Waals surface area contributed by atoms with Gasteiger partial charge in [-0.2, -0.15) is 0 Å². The zero-order valence-electron chi connectivity index (χ0n) is 12.7. The van der Waals surface area contributed by atoms with E-state index in [2.05, 4.69) is 0 Å². The molecule has 114 valence electrons. The lowest BCUT2D eigenvalue weighted by molar-refractivity contribution is 0.109. The van der Waals surface area contributed by atoms with Gasteiger partial charge in [-0.1, -0.05) is 0 Å². The monoisotopic (exact) mass is 282 g/mol. The predicted molar refractivity (Wildman–Crippen MR) is 77.7 cm³/mol. The molecule has 6 heteroatoms. The highest BCUT2D eigenvalue weighted by Gasteiger charge is 2.27. The van der Waals surface area contributed by atoms with E-state index < -0.39 is 0 Å². The van der Waals surface area contributed by atoms with Crippen LogP contribution in [0.5, 0.6) is 0 Å². The van der Waals surface area contributed by atoms with Crippen LogP contribution in [0.4, 0.5) is 9.59 Å². The molecule has 2 aliphatic heterocycles. The average Bonchev–Trinajstić information content (AvgIpc) is 2.47. The molecule has 2 saturated heterocycles. The molecule has 0 aromatic carbocycles. The van der Waals surface area contributed by atoms with Gasteiger partial charge in [0.1, 0.15) is 0 Å². The van der Waals surface area contributed by atoms with E-state index in [1.54, 1.807) is 0 Å². The minimum Gasteiger partial charge on any atom is -0.325 e. The van der Waals surface area contributed by atoms with E-state index in [9.17, 15) is 9.59 Å². The molecule has 2 fully saturated rings. The molecular weight excluding hydrogens is 256 g/mol. The number of urea groups is 2. The molecule has 0 radical (unpaired) electrons. The molecule has 0 unspecified atom stereocenters. The van der Waals surface area contributed by atoms with Crippen molar-refractivity contribution in [3.63, 3.8) is 0 Å². The van der Waals surface area contributed by atoms with Gasteiger partial charge < -0.3 is 19.6 Å². The highest BCUT2D eigenvalue weighted by Crippen LogP contribution is 2.11. The van der Waals surface area contributed by atoms with Gasteiger partial charge in [0, 0.05) is 52.4 Å². The summed E-state index contributed by atoms with van der Waals surface area (Å²) >= 11 is 0. The number of rotatable bonds is 5. The zero-order chi connectivity index (χ0) is 14.5. The fourth-order valence-corrected chi connectivity index (χ4v) is 2.93. The van der Waals surface area contributed by atoms with Crippen LogP contribution in [0.3, 0.4) is 0 Å². The summed E-state index contributed by atoms with van der Waals surface area (Å²) in [5, 5.41) is 0. The third-order valence-corrected chi connectivity index (χ3v) is 4.20. The second kappa shape index (κ2) is 6.81. The number of carbonyl (C=O) groups excluding carboxylic acids is 2. The molecule has 0 saturated carbocycles. The van der Waals surface area contributed by atoms with E-state index >= 15 is 0 Å². The number of nitrogens with zero attached hydrogens (tertiary/aromatic N) is 4. The van der Waals surface area contributed by atoms with Gasteiger partial charge in [-0.05, 0) is 26.7 Å². The Balaban J connectivity index is 1.85. The number of hydrogen-bond acceptors (Lipinski definition) is 2. The van der Waals surface area contributed by atoms with Gasteiger partial charge in [0.15, 0.2) is 0 Å². The van der Waals surface area contributed by atoms with Gasteiger partial charge in [-0.3, -0.25) is 0 Å². The van der Waals surface area contributed by atoms with Crippen LogP contribution in [0.25, 0.3) is 0 Å². The molecule has 0 bridgehead atoms. The van der Waals surface area contributed by atoms with Gasteiger partial charge in [0.05, 0.1) is 0 Å². The van der Waals surface area contributed by atoms with Crippen LogP contribution in [-0.4, -0.2) is 84.0 Å². The van der Waals surface area contributed by atoms with Crippen LogP contribution in [0.1, 0.15) is 26.7 Å². The summed E-state index contributed by atoms with van der Waals surface area (Å²) in [6.45, 7) is 10.2. The van der Waals surface area contributed by atoms with Crippen molar-refractivity contribution in [1.82, 2.24) is 19.6 Å². The Hall–Kier alpha value is -1.46. The Bertz CT molecular complexity index is 327. The van der Waals surface area contributed by atoms with E-state index in [0.717, 1.165) is 52.1 Å². The third kappa shape index (κ3) is 3.16. The summed E-state index contributed by atoms with van der Waals surface area (Å²) in [6.07, 6.45) is 2.04. The van der Waals surface area contributed by atoms with Crippen LogP contribution in [-0.2, 0) is 0 Å². The van der Waals surface area contributed by atoms with Gasteiger partial charge >= 0.3 is 12.1 Å². The Morgan fingerprint density at radius 1 is 0.700 bits per heavy atom. The third-order valence-electron chi connectivity index (χ3n) is 4.20. The largest absolute Gasteiger partial charge is 0.325 e. The first kappa shape index (κ1) is 14.9. The topological polar surface area (TPSA) is 47.1 Å². The zero-order valence-corrected chi connectivity index (χ0v) is 12.7. The lowest BCUT2D eigenvalue weighted by Gasteiger charge is -2.38. The standard InChI is InChI=1S/C14H26N4O2/c1-3-15-7-5-9-17(13(15)19)11-12-18-10-6-8-16(4-2)14(18)20/h3-12H2,1-2H3. The minimum atomic E-state index is 0.121. The fourth-order valence-electron chi connectivity index (χ4n) is 2.93. The van der Waals surface area contributed by atoms with Crippen LogP contribution >= 0.6 is 0 Å². The average molecular weight is 282 g/mol. The smallest absolute Gasteiger partial charge is 0.320 e. The molecule has 20 heavy (non-hydrogen) atoms. The van der Waals surface area contributed by atoms with Crippen LogP contribution in [0.15, 0.2) is 0 Å². The first-order chi connectivity index (χ1) is 9.67. The van der Waals surface area contributed by atoms with Gasteiger partial charge in [0.2, 0.25) is 0 Å². The van der Waals surface area contributed by atoms with E-state index in [4.69, 9.17) is 0 Å². The molecule has 0 N–H and O–H groups in total. The Morgan fingerprint density at radius 3 is 1.40 bits per heavy atom. The molecule has 0 spiro atoms. The Kier molecular flexibility index (Phi) is 5.09. The maximum atomic E-state index is 12.2. The van der Waals surface area contributed by atoms with Crippen LogP contribution in [0.2, 0.25) is 0 Å². The summed E-state index contributed by atoms with van der Waals surface area (Å²) in [7, 11) is 0. The quantitative estimate of drug-likeness (QED) is 0.762. The number of amides is 4. The summed E-state index contributed by atoms with van der Waals surface area (Å²) in [5.41, 5.74) is 0. The van der Waals surface area contributed by atoms with E-state index in [-0.39, 0.29) is 12.1 Å². The van der Waals surface area contributed by atoms with Crippen LogP contribution in [0, 0.1) is 0 Å². The van der Waals surface area contributed by atoms with Crippen molar-refractivity contribution in [2.45, 2.75) is 26.7 Å². The molecule has 6 nitrogen and oxygen atoms in total. The van der Waals surface area contributed by atoms with Gasteiger partial charge in [0.25, 0.3) is 0 Å². The van der Waals surface area contributed by atoms with Crippen molar-refractivity contribution in [2.24, 2.45) is 0 Å². The Morgan fingerprint density at radius 2 is 1.05 bits per heavy atom. The number of carbonyl (C=O) groups is 2. The van der Waals surface area contributed by atoms with Crippen molar-refractivity contribution in [2.75, 3.05) is 52.4 Å². The van der Waals surface area contributed by atoms with E-state index in [1.165, 1.54) is 0 Å². The predicted octanol–water partition coefficient (Wildman–Crippen LogP) is 1.28. The van der Waals surface area contributed by atoms with Crippen molar-refractivity contribution >= 4 is 12.1 Å². The maximum absolute atomic E-state index is 12.2. The lowest BCUT2D eigenvalue weighted by atomic mass is 10.2. The molecule has 0 aromatic rings. The summed E-state index contributed by atoms with van der Waals surface area (Å²) in [6, 6.07) is 0.242. The maximum Gasteiger partial charge on any atom is 0.320 e. The molecular formula is C14H26N4O2. The molecule has 2 heterocycles. The lowest BCUT2D eigenvalue weighted by Crippen LogP contribution is -2.54. The van der Waals surface area contributed by atoms with Crippen molar-refractivity contribution in [1.29, 1.82) is 0 Å². The van der Waals surface area contributed by atoms with Crippen molar-refractivity contribution < 1.29 is 9.59 Å². The van der Waals surface area contributed by atoms with Crippen molar-refractivity contribution in [3.8, 4) is 0 Å². The Labute approximate surface area is 121 Å². The van der Waals surface area contributed by atoms with Gasteiger partial charge in [-0.25, -0.2) is 9.59 Å². The van der Waals surface area contributed by atoms with Gasteiger partial charge in [-0.15, -0.1) is 0 Å². The van der Waals surface area contributed by atoms with Crippen molar-refractivity contribution in [3.05, 3.63) is 0 Å². The molecule has 4 amide bonds. The first-order valence-electron chi connectivity index (χ1n) is 7.75. The summed E-state index contributed by atoms with van der Waals surface area (Å²) in [4.78, 5) is 31.8. The highest BCUT2D eigenvalue weighted by atomic mass is 16.2. The first-order valence-corrected chi connectivity index (χ1v) is 7.75. The number of hydrogen-bond donors (Lipinski definition) is 0. The molecule has 2 rings (SSSR count). The SMILES string of the molecule is CCN1CCCN(CCN2CCCN(CC)C2=O)C1=O. The molecule has 2 aliphatic rings. The van der Waals surface area contributed by atoms with E-state index in [0.29, 0.717) is 13.1 Å². The fraction of sp³-hybridized carbons (Fsp3) is 0.857. The molecule has 0 atom stereocenters. The normalized spacial score (nSPS) is 20.9. The van der Waals surface area contributed by atoms with Crippen LogP contribution < -0.4 is 0 Å². The summed E-state index contributed by atoms with van der Waals surface area (Å²) in [5.74, 6) is 0. The van der Waals surface area contributed by atoms with E-state index in [1.807, 2.05) is 33.4 Å². The second-order valence-electron chi connectivity index (χ2n) is 5.41. The molecule has 0 aromatic heterocycles. The molecule has 0 aliphatic carbocycles. The minimum absolute atomic E-state index is 0.121. The summed E-state index contributed by atoms with van der Waals surface area (Å²) < 4.78 is 0.